The number of halogens is 1. The summed E-state index contributed by atoms with van der Waals surface area (Å²) in [4.78, 5) is 25.4. The number of carbonyl (C=O) groups is 2. The van der Waals surface area contributed by atoms with E-state index in [1.54, 1.807) is 17.8 Å². The minimum Gasteiger partial charge on any atom is -0.467 e. The topological polar surface area (TPSA) is 64.4 Å². The second-order valence-electron chi connectivity index (χ2n) is 4.96. The third-order valence-corrected chi connectivity index (χ3v) is 4.05. The van der Waals surface area contributed by atoms with E-state index in [1.165, 1.54) is 18.1 Å². The molecule has 7 heteroatoms. The third-order valence-electron chi connectivity index (χ3n) is 3.60. The maximum absolute atomic E-state index is 12.2. The molecule has 6 nitrogen and oxygen atoms in total. The molecule has 1 aliphatic rings. The average Bonchev–Trinajstić information content (AvgIpc) is 3.03. The number of amides is 1. The van der Waals surface area contributed by atoms with E-state index in [2.05, 4.69) is 5.10 Å². The zero-order valence-corrected chi connectivity index (χ0v) is 13.1. The molecule has 1 fully saturated rings. The van der Waals surface area contributed by atoms with Crippen LogP contribution in [0.1, 0.15) is 24.1 Å². The minimum absolute atomic E-state index is 0.220. The van der Waals surface area contributed by atoms with Gasteiger partial charge in [0.15, 0.2) is 0 Å². The Morgan fingerprint density at radius 2 is 2.19 bits per heavy atom. The molecule has 2 rings (SSSR count). The van der Waals surface area contributed by atoms with Crippen molar-refractivity contribution in [2.45, 2.75) is 25.8 Å². The van der Waals surface area contributed by atoms with Gasteiger partial charge in [-0.1, -0.05) is 11.6 Å². The molecule has 2 heterocycles. The number of nitrogens with zero attached hydrogens (tertiary/aromatic N) is 3. The summed E-state index contributed by atoms with van der Waals surface area (Å²) in [5, 5.41) is 4.65. The Balaban J connectivity index is 2.14. The van der Waals surface area contributed by atoms with Gasteiger partial charge in [-0.05, 0) is 25.8 Å². The Hall–Kier alpha value is -1.82. The van der Waals surface area contributed by atoms with Gasteiger partial charge in [0, 0.05) is 25.2 Å². The number of carbonyl (C=O) groups excluding carboxylic acids is 2. The van der Waals surface area contributed by atoms with E-state index in [9.17, 15) is 9.59 Å². The van der Waals surface area contributed by atoms with Crippen molar-refractivity contribution in [2.24, 2.45) is 7.05 Å². The zero-order chi connectivity index (χ0) is 15.6. The quantitative estimate of drug-likeness (QED) is 0.628. The first-order valence-corrected chi connectivity index (χ1v) is 7.09. The fourth-order valence-corrected chi connectivity index (χ4v) is 2.74. The molecule has 0 N–H and O–H groups in total. The lowest BCUT2D eigenvalue weighted by atomic mass is 10.2. The standard InChI is InChI=1S/C14H18ClN3O3/c1-9-10(13(15)17(2)16-9)6-7-12(19)18-8-4-5-11(18)14(20)21-3/h6-7,11H,4-5,8H2,1-3H3/b7-6+. The monoisotopic (exact) mass is 311 g/mol. The number of aryl methyl sites for hydroxylation is 2. The molecule has 1 unspecified atom stereocenters. The van der Waals surface area contributed by atoms with Gasteiger partial charge >= 0.3 is 5.97 Å². The van der Waals surface area contributed by atoms with Crippen LogP contribution in [-0.2, 0) is 21.4 Å². The van der Waals surface area contributed by atoms with Gasteiger partial charge in [-0.3, -0.25) is 9.48 Å². The Labute approximate surface area is 128 Å². The number of likely N-dealkylation sites (tertiary alicyclic amines) is 1. The highest BCUT2D eigenvalue weighted by Gasteiger charge is 2.33. The Morgan fingerprint density at radius 1 is 1.48 bits per heavy atom. The fourth-order valence-electron chi connectivity index (χ4n) is 2.50. The van der Waals surface area contributed by atoms with E-state index in [-0.39, 0.29) is 11.9 Å². The molecule has 1 aliphatic heterocycles. The first-order valence-electron chi connectivity index (χ1n) is 6.71. The first-order chi connectivity index (χ1) is 9.95. The van der Waals surface area contributed by atoms with Gasteiger partial charge in [0.25, 0.3) is 0 Å². The summed E-state index contributed by atoms with van der Waals surface area (Å²) in [6, 6.07) is -0.488. The molecule has 114 valence electrons. The molecule has 0 radical (unpaired) electrons. The molecular formula is C14H18ClN3O3. The lowest BCUT2D eigenvalue weighted by molar-refractivity contribution is -0.149. The summed E-state index contributed by atoms with van der Waals surface area (Å²) in [7, 11) is 3.07. The van der Waals surface area contributed by atoms with E-state index < -0.39 is 6.04 Å². The van der Waals surface area contributed by atoms with Crippen LogP contribution >= 0.6 is 11.6 Å². The third kappa shape index (κ3) is 3.10. The van der Waals surface area contributed by atoms with Crippen LogP contribution in [0, 0.1) is 6.92 Å². The molecule has 1 aromatic rings. The number of ether oxygens (including phenoxy) is 1. The molecule has 0 spiro atoms. The number of hydrogen-bond acceptors (Lipinski definition) is 4. The number of esters is 1. The lowest BCUT2D eigenvalue weighted by Gasteiger charge is -2.20. The minimum atomic E-state index is -0.488. The SMILES string of the molecule is COC(=O)C1CCCN1C(=O)/C=C/c1c(C)nn(C)c1Cl. The molecule has 1 amide bonds. The highest BCUT2D eigenvalue weighted by atomic mass is 35.5. The molecule has 0 aliphatic carbocycles. The van der Waals surface area contributed by atoms with Gasteiger partial charge in [-0.25, -0.2) is 4.79 Å². The summed E-state index contributed by atoms with van der Waals surface area (Å²) in [6.45, 7) is 2.38. The summed E-state index contributed by atoms with van der Waals surface area (Å²) in [5.41, 5.74) is 1.46. The maximum Gasteiger partial charge on any atom is 0.328 e. The van der Waals surface area contributed by atoms with Gasteiger partial charge in [0.2, 0.25) is 5.91 Å². The molecule has 0 saturated carbocycles. The highest BCUT2D eigenvalue weighted by Crippen LogP contribution is 2.22. The maximum atomic E-state index is 12.2. The van der Waals surface area contributed by atoms with E-state index in [4.69, 9.17) is 16.3 Å². The number of aromatic nitrogens is 2. The van der Waals surface area contributed by atoms with E-state index >= 15 is 0 Å². The summed E-state index contributed by atoms with van der Waals surface area (Å²) >= 11 is 6.11. The van der Waals surface area contributed by atoms with E-state index in [0.29, 0.717) is 23.7 Å². The average molecular weight is 312 g/mol. The van der Waals surface area contributed by atoms with Crippen molar-refractivity contribution in [1.82, 2.24) is 14.7 Å². The van der Waals surface area contributed by atoms with Gasteiger partial charge in [0.05, 0.1) is 12.8 Å². The van der Waals surface area contributed by atoms with E-state index in [0.717, 1.165) is 12.1 Å². The Morgan fingerprint density at radius 3 is 2.76 bits per heavy atom. The molecule has 1 atom stereocenters. The Kier molecular flexibility index (Phi) is 4.67. The molecule has 0 aromatic carbocycles. The summed E-state index contributed by atoms with van der Waals surface area (Å²) in [5.74, 6) is -0.591. The predicted molar refractivity (Wildman–Crippen MR) is 78.7 cm³/mol. The fraction of sp³-hybridized carbons (Fsp3) is 0.500. The summed E-state index contributed by atoms with van der Waals surface area (Å²) < 4.78 is 6.28. The largest absolute Gasteiger partial charge is 0.467 e. The normalized spacial score (nSPS) is 18.5. The van der Waals surface area contributed by atoms with Gasteiger partial charge < -0.3 is 9.64 Å². The van der Waals surface area contributed by atoms with Crippen molar-refractivity contribution < 1.29 is 14.3 Å². The van der Waals surface area contributed by atoms with Gasteiger partial charge in [0.1, 0.15) is 11.2 Å². The molecule has 0 bridgehead atoms. The van der Waals surface area contributed by atoms with Crippen LogP contribution in [0.2, 0.25) is 5.15 Å². The van der Waals surface area contributed by atoms with Crippen molar-refractivity contribution >= 4 is 29.6 Å². The van der Waals surface area contributed by atoms with Crippen molar-refractivity contribution in [3.05, 3.63) is 22.5 Å². The van der Waals surface area contributed by atoms with Crippen molar-refractivity contribution in [3.63, 3.8) is 0 Å². The number of hydrogen-bond donors (Lipinski definition) is 0. The van der Waals surface area contributed by atoms with E-state index in [1.807, 2.05) is 6.92 Å². The van der Waals surface area contributed by atoms with Crippen LogP contribution in [0.5, 0.6) is 0 Å². The van der Waals surface area contributed by atoms with Crippen molar-refractivity contribution in [1.29, 1.82) is 0 Å². The molecule has 1 saturated heterocycles. The molecule has 21 heavy (non-hydrogen) atoms. The van der Waals surface area contributed by atoms with Crippen LogP contribution in [0.4, 0.5) is 0 Å². The van der Waals surface area contributed by atoms with Crippen LogP contribution < -0.4 is 0 Å². The summed E-state index contributed by atoms with van der Waals surface area (Å²) in [6.07, 6.45) is 4.50. The number of rotatable bonds is 3. The van der Waals surface area contributed by atoms with Crippen LogP contribution in [-0.4, -0.2) is 46.3 Å². The molecular weight excluding hydrogens is 294 g/mol. The Bertz CT molecular complexity index is 595. The van der Waals surface area contributed by atoms with Crippen LogP contribution in [0.15, 0.2) is 6.08 Å². The predicted octanol–water partition coefficient (Wildman–Crippen LogP) is 1.56. The molecule has 1 aromatic heterocycles. The van der Waals surface area contributed by atoms with Crippen molar-refractivity contribution in [2.75, 3.05) is 13.7 Å². The number of methoxy groups -OCH3 is 1. The zero-order valence-electron chi connectivity index (χ0n) is 12.3. The lowest BCUT2D eigenvalue weighted by Crippen LogP contribution is -2.40. The first kappa shape index (κ1) is 15.6. The van der Waals surface area contributed by atoms with Gasteiger partial charge in [-0.2, -0.15) is 5.10 Å². The van der Waals surface area contributed by atoms with Crippen LogP contribution in [0.3, 0.4) is 0 Å². The van der Waals surface area contributed by atoms with Crippen molar-refractivity contribution in [3.8, 4) is 0 Å². The second-order valence-corrected chi connectivity index (χ2v) is 5.32. The van der Waals surface area contributed by atoms with Crippen LogP contribution in [0.25, 0.3) is 6.08 Å². The smallest absolute Gasteiger partial charge is 0.328 e. The van der Waals surface area contributed by atoms with Gasteiger partial charge in [-0.15, -0.1) is 0 Å². The second kappa shape index (κ2) is 6.30. The highest BCUT2D eigenvalue weighted by molar-refractivity contribution is 6.31.